The fourth-order valence-electron chi connectivity index (χ4n) is 4.60. The van der Waals surface area contributed by atoms with E-state index in [4.69, 9.17) is 0 Å². The van der Waals surface area contributed by atoms with Crippen molar-refractivity contribution in [3.05, 3.63) is 29.1 Å². The van der Waals surface area contributed by atoms with Crippen molar-refractivity contribution in [3.8, 4) is 10.6 Å². The van der Waals surface area contributed by atoms with Crippen LogP contribution in [0.25, 0.3) is 10.6 Å². The van der Waals surface area contributed by atoms with Crippen molar-refractivity contribution < 1.29 is 9.59 Å². The molecule has 8 heteroatoms. The normalized spacial score (nSPS) is 21.4. The number of nitrogens with one attached hydrogen (secondary N) is 3. The summed E-state index contributed by atoms with van der Waals surface area (Å²) >= 11 is 1.52. The summed E-state index contributed by atoms with van der Waals surface area (Å²) in [6.45, 7) is 2.68. The molecule has 1 atom stereocenters. The summed E-state index contributed by atoms with van der Waals surface area (Å²) in [6.07, 6.45) is 7.18. The zero-order valence-electron chi connectivity index (χ0n) is 17.7. The molecule has 1 aromatic heterocycles. The summed E-state index contributed by atoms with van der Waals surface area (Å²) < 4.78 is 0. The number of nitrogens with zero attached hydrogens (tertiary/aromatic N) is 2. The first-order chi connectivity index (χ1) is 15.2. The van der Waals surface area contributed by atoms with Crippen LogP contribution in [0.2, 0.25) is 0 Å². The number of rotatable bonds is 5. The second-order valence-electron chi connectivity index (χ2n) is 8.82. The van der Waals surface area contributed by atoms with Gasteiger partial charge in [-0.2, -0.15) is 0 Å². The van der Waals surface area contributed by atoms with E-state index in [-0.39, 0.29) is 18.0 Å². The van der Waals surface area contributed by atoms with E-state index in [9.17, 15) is 9.59 Å². The number of aryl methyl sites for hydroxylation is 1. The van der Waals surface area contributed by atoms with Gasteiger partial charge in [0.2, 0.25) is 5.91 Å². The zero-order chi connectivity index (χ0) is 21.2. The lowest BCUT2D eigenvalue weighted by Crippen LogP contribution is -2.47. The Morgan fingerprint density at radius 3 is 2.90 bits per heavy atom. The Morgan fingerprint density at radius 2 is 2.13 bits per heavy atom. The number of amides is 3. The number of thiazole rings is 1. The van der Waals surface area contributed by atoms with Crippen molar-refractivity contribution in [2.75, 3.05) is 29.9 Å². The van der Waals surface area contributed by atoms with Crippen molar-refractivity contribution in [1.82, 2.24) is 15.6 Å². The molecule has 3 aliphatic rings. The Bertz CT molecular complexity index is 965. The van der Waals surface area contributed by atoms with Crippen molar-refractivity contribution >= 4 is 34.8 Å². The number of aromatic nitrogens is 1. The third-order valence-corrected chi connectivity index (χ3v) is 7.46. The van der Waals surface area contributed by atoms with E-state index in [0.717, 1.165) is 55.2 Å². The molecular formula is C23H29N5O2S. The quantitative estimate of drug-likeness (QED) is 0.662. The molecule has 1 saturated carbocycles. The molecule has 164 valence electrons. The van der Waals surface area contributed by atoms with Crippen LogP contribution in [-0.2, 0) is 11.2 Å². The van der Waals surface area contributed by atoms with Crippen LogP contribution in [-0.4, -0.2) is 42.6 Å². The molecule has 3 heterocycles. The molecule has 0 unspecified atom stereocenters. The number of fused-ring (bicyclic) bond motifs is 1. The molecule has 2 aromatic rings. The second-order valence-corrected chi connectivity index (χ2v) is 9.68. The molecule has 1 saturated heterocycles. The van der Waals surface area contributed by atoms with Crippen LogP contribution in [0.1, 0.15) is 44.1 Å². The Kier molecular flexibility index (Phi) is 5.91. The van der Waals surface area contributed by atoms with Crippen LogP contribution < -0.4 is 20.9 Å². The summed E-state index contributed by atoms with van der Waals surface area (Å²) in [5.74, 6) is 1.46. The van der Waals surface area contributed by atoms with Crippen molar-refractivity contribution in [2.45, 2.75) is 51.0 Å². The molecule has 31 heavy (non-hydrogen) atoms. The van der Waals surface area contributed by atoms with E-state index in [0.29, 0.717) is 18.2 Å². The minimum Gasteiger partial charge on any atom is -0.334 e. The summed E-state index contributed by atoms with van der Waals surface area (Å²) in [4.78, 5) is 31.4. The van der Waals surface area contributed by atoms with Crippen molar-refractivity contribution in [2.24, 2.45) is 5.92 Å². The van der Waals surface area contributed by atoms with E-state index in [1.165, 1.54) is 36.2 Å². The molecule has 0 radical (unpaired) electrons. The van der Waals surface area contributed by atoms with Crippen LogP contribution in [0, 0.1) is 5.92 Å². The third kappa shape index (κ3) is 4.60. The molecule has 3 amide bonds. The van der Waals surface area contributed by atoms with E-state index in [1.807, 2.05) is 16.3 Å². The summed E-state index contributed by atoms with van der Waals surface area (Å²) in [5, 5.41) is 11.9. The number of carbonyl (C=O) groups excluding carboxylic acids is 2. The zero-order valence-corrected chi connectivity index (χ0v) is 18.5. The average Bonchev–Trinajstić information content (AvgIpc) is 3.20. The van der Waals surface area contributed by atoms with Crippen LogP contribution >= 0.6 is 11.3 Å². The van der Waals surface area contributed by atoms with Gasteiger partial charge in [-0.1, -0.05) is 6.42 Å². The molecule has 2 aliphatic heterocycles. The van der Waals surface area contributed by atoms with Gasteiger partial charge in [0.15, 0.2) is 0 Å². The Labute approximate surface area is 186 Å². The fourth-order valence-corrected chi connectivity index (χ4v) is 5.35. The SMILES string of the molecule is O=C(Nc1csc(-c2ccc3c(c2)CCC(=O)N3CC2CCC2)n1)N[C@H]1CCCNC1. The summed E-state index contributed by atoms with van der Waals surface area (Å²) in [6, 6.07) is 6.23. The Balaban J connectivity index is 1.26. The number of hydrogen-bond donors (Lipinski definition) is 3. The van der Waals surface area contributed by atoms with Gasteiger partial charge in [0.05, 0.1) is 0 Å². The number of urea groups is 1. The summed E-state index contributed by atoms with van der Waals surface area (Å²) in [5.41, 5.74) is 3.30. The minimum absolute atomic E-state index is 0.165. The molecule has 5 rings (SSSR count). The predicted molar refractivity (Wildman–Crippen MR) is 124 cm³/mol. The van der Waals surface area contributed by atoms with Crippen molar-refractivity contribution in [1.29, 1.82) is 0 Å². The highest BCUT2D eigenvalue weighted by Crippen LogP contribution is 2.36. The molecule has 0 bridgehead atoms. The van der Waals surface area contributed by atoms with Gasteiger partial charge >= 0.3 is 6.03 Å². The van der Waals surface area contributed by atoms with Crippen LogP contribution in [0.15, 0.2) is 23.6 Å². The lowest BCUT2D eigenvalue weighted by atomic mass is 9.84. The maximum Gasteiger partial charge on any atom is 0.320 e. The van der Waals surface area contributed by atoms with Gasteiger partial charge in [-0.15, -0.1) is 11.3 Å². The second kappa shape index (κ2) is 8.96. The van der Waals surface area contributed by atoms with Gasteiger partial charge in [-0.05, 0) is 68.3 Å². The van der Waals surface area contributed by atoms with E-state index >= 15 is 0 Å². The first-order valence-corrected chi connectivity index (χ1v) is 12.2. The molecule has 7 nitrogen and oxygen atoms in total. The Morgan fingerprint density at radius 1 is 1.23 bits per heavy atom. The van der Waals surface area contributed by atoms with Crippen molar-refractivity contribution in [3.63, 3.8) is 0 Å². The standard InChI is InChI=1S/C23H29N5O2S/c29-21-9-7-16-11-17(6-8-19(16)28(21)13-15-3-1-4-15)22-26-20(14-31-22)27-23(30)25-18-5-2-10-24-12-18/h6,8,11,14-15,18,24H,1-5,7,9-10,12-13H2,(H2,25,27,30)/t18-/m0/s1. The Hall–Kier alpha value is -2.45. The highest BCUT2D eigenvalue weighted by Gasteiger charge is 2.29. The number of benzene rings is 1. The number of anilines is 2. The topological polar surface area (TPSA) is 86.4 Å². The fraction of sp³-hybridized carbons (Fsp3) is 0.522. The molecule has 2 fully saturated rings. The average molecular weight is 440 g/mol. The molecule has 1 aromatic carbocycles. The molecule has 1 aliphatic carbocycles. The largest absolute Gasteiger partial charge is 0.334 e. The van der Waals surface area contributed by atoms with Gasteiger partial charge < -0.3 is 15.5 Å². The van der Waals surface area contributed by atoms with Crippen LogP contribution in [0.5, 0.6) is 0 Å². The first-order valence-electron chi connectivity index (χ1n) is 11.3. The molecule has 0 spiro atoms. The predicted octanol–water partition coefficient (Wildman–Crippen LogP) is 3.76. The van der Waals surface area contributed by atoms with Gasteiger partial charge in [0.25, 0.3) is 0 Å². The number of piperidine rings is 1. The van der Waals surface area contributed by atoms with E-state index in [2.05, 4.69) is 33.1 Å². The van der Waals surface area contributed by atoms with Crippen LogP contribution in [0.3, 0.4) is 0 Å². The van der Waals surface area contributed by atoms with E-state index in [1.54, 1.807) is 0 Å². The van der Waals surface area contributed by atoms with E-state index < -0.39 is 0 Å². The number of carbonyl (C=O) groups is 2. The highest BCUT2D eigenvalue weighted by atomic mass is 32.1. The van der Waals surface area contributed by atoms with Gasteiger partial charge in [0, 0.05) is 42.2 Å². The third-order valence-electron chi connectivity index (χ3n) is 6.57. The highest BCUT2D eigenvalue weighted by molar-refractivity contribution is 7.13. The lowest BCUT2D eigenvalue weighted by molar-refractivity contribution is -0.119. The molecular weight excluding hydrogens is 410 g/mol. The minimum atomic E-state index is -0.207. The smallest absolute Gasteiger partial charge is 0.320 e. The maximum absolute atomic E-state index is 12.5. The molecule has 3 N–H and O–H groups in total. The first kappa shape index (κ1) is 20.5. The number of hydrogen-bond acceptors (Lipinski definition) is 5. The monoisotopic (exact) mass is 439 g/mol. The van der Waals surface area contributed by atoms with Gasteiger partial charge in [0.1, 0.15) is 10.8 Å². The van der Waals surface area contributed by atoms with Crippen LogP contribution in [0.4, 0.5) is 16.3 Å². The lowest BCUT2D eigenvalue weighted by Gasteiger charge is -2.35. The maximum atomic E-state index is 12.5. The van der Waals surface area contributed by atoms with Gasteiger partial charge in [-0.25, -0.2) is 9.78 Å². The summed E-state index contributed by atoms with van der Waals surface area (Å²) in [7, 11) is 0. The van der Waals surface area contributed by atoms with Gasteiger partial charge in [-0.3, -0.25) is 10.1 Å².